The molecule has 2 heterocycles. The lowest BCUT2D eigenvalue weighted by molar-refractivity contribution is 0.0891. The molecule has 0 spiro atoms. The lowest BCUT2D eigenvalue weighted by Gasteiger charge is -2.37. The van der Waals surface area contributed by atoms with Crippen molar-refractivity contribution in [1.29, 1.82) is 0 Å². The standard InChI is InChI=1S/C15H25N5O/c1-11-8-12(9-13(18-11)19-16)14(21)17-10-15(2)4-6-20(3)7-5-15/h8-9H,4-7,10,16H2,1-3H3,(H,17,21)(H,18,19). The second-order valence-electron chi connectivity index (χ2n) is 6.32. The van der Waals surface area contributed by atoms with Crippen molar-refractivity contribution in [2.24, 2.45) is 11.3 Å². The van der Waals surface area contributed by atoms with Crippen LogP contribution in [-0.4, -0.2) is 42.5 Å². The maximum absolute atomic E-state index is 12.3. The number of aryl methyl sites for hydroxylation is 1. The number of hydrazine groups is 1. The molecule has 1 aliphatic rings. The zero-order valence-electron chi connectivity index (χ0n) is 13.1. The number of nitrogen functional groups attached to an aromatic ring is 1. The van der Waals surface area contributed by atoms with E-state index in [-0.39, 0.29) is 11.3 Å². The Morgan fingerprint density at radius 3 is 2.71 bits per heavy atom. The van der Waals surface area contributed by atoms with Gasteiger partial charge in [-0.1, -0.05) is 6.92 Å². The van der Waals surface area contributed by atoms with Gasteiger partial charge in [0.2, 0.25) is 0 Å². The van der Waals surface area contributed by atoms with Gasteiger partial charge < -0.3 is 15.6 Å². The number of carbonyl (C=O) groups excluding carboxylic acids is 1. The van der Waals surface area contributed by atoms with E-state index in [0.29, 0.717) is 17.9 Å². The fourth-order valence-corrected chi connectivity index (χ4v) is 2.60. The molecular formula is C15H25N5O. The molecule has 0 unspecified atom stereocenters. The van der Waals surface area contributed by atoms with Crippen LogP contribution >= 0.6 is 0 Å². The van der Waals surface area contributed by atoms with E-state index in [9.17, 15) is 4.79 Å². The van der Waals surface area contributed by atoms with Crippen LogP contribution in [0.2, 0.25) is 0 Å². The van der Waals surface area contributed by atoms with E-state index in [2.05, 4.69) is 34.6 Å². The number of carbonyl (C=O) groups is 1. The van der Waals surface area contributed by atoms with Gasteiger partial charge in [-0.05, 0) is 57.5 Å². The number of pyridine rings is 1. The van der Waals surface area contributed by atoms with Crippen molar-refractivity contribution in [2.45, 2.75) is 26.7 Å². The second kappa shape index (κ2) is 6.41. The summed E-state index contributed by atoms with van der Waals surface area (Å²) in [5.41, 5.74) is 4.02. The fourth-order valence-electron chi connectivity index (χ4n) is 2.60. The normalized spacial score (nSPS) is 18.3. The molecule has 0 bridgehead atoms. The van der Waals surface area contributed by atoms with E-state index in [1.807, 2.05) is 6.92 Å². The van der Waals surface area contributed by atoms with Gasteiger partial charge in [0.25, 0.3) is 5.91 Å². The average molecular weight is 291 g/mol. The van der Waals surface area contributed by atoms with Crippen LogP contribution in [0, 0.1) is 12.3 Å². The highest BCUT2D eigenvalue weighted by Gasteiger charge is 2.29. The van der Waals surface area contributed by atoms with Gasteiger partial charge in [0.05, 0.1) is 0 Å². The Morgan fingerprint density at radius 1 is 1.43 bits per heavy atom. The number of likely N-dealkylation sites (tertiary alicyclic amines) is 1. The van der Waals surface area contributed by atoms with Crippen LogP contribution in [0.4, 0.5) is 5.82 Å². The summed E-state index contributed by atoms with van der Waals surface area (Å²) in [6, 6.07) is 3.44. The predicted molar refractivity (Wildman–Crippen MR) is 84.0 cm³/mol. The van der Waals surface area contributed by atoms with E-state index in [4.69, 9.17) is 5.84 Å². The van der Waals surface area contributed by atoms with Crippen LogP contribution in [-0.2, 0) is 0 Å². The molecule has 1 amide bonds. The quantitative estimate of drug-likeness (QED) is 0.572. The first-order valence-corrected chi connectivity index (χ1v) is 7.34. The summed E-state index contributed by atoms with van der Waals surface area (Å²) >= 11 is 0. The Morgan fingerprint density at radius 2 is 2.10 bits per heavy atom. The first-order chi connectivity index (χ1) is 9.92. The SMILES string of the molecule is Cc1cc(C(=O)NCC2(C)CCN(C)CC2)cc(NN)n1. The van der Waals surface area contributed by atoms with Gasteiger partial charge in [-0.3, -0.25) is 4.79 Å². The lowest BCUT2D eigenvalue weighted by Crippen LogP contribution is -2.43. The minimum atomic E-state index is -0.0721. The topological polar surface area (TPSA) is 83.3 Å². The van der Waals surface area contributed by atoms with E-state index in [1.54, 1.807) is 12.1 Å². The van der Waals surface area contributed by atoms with Crippen LogP contribution in [0.15, 0.2) is 12.1 Å². The predicted octanol–water partition coefficient (Wildman–Crippen LogP) is 1.14. The van der Waals surface area contributed by atoms with Gasteiger partial charge in [-0.25, -0.2) is 10.8 Å². The number of hydrogen-bond donors (Lipinski definition) is 3. The van der Waals surface area contributed by atoms with Gasteiger partial charge in [0.1, 0.15) is 5.82 Å². The Bertz CT molecular complexity index is 509. The molecule has 0 aromatic carbocycles. The highest BCUT2D eigenvalue weighted by atomic mass is 16.1. The Kier molecular flexibility index (Phi) is 4.80. The lowest BCUT2D eigenvalue weighted by atomic mass is 9.80. The molecule has 116 valence electrons. The number of nitrogens with zero attached hydrogens (tertiary/aromatic N) is 2. The van der Waals surface area contributed by atoms with Crippen LogP contribution in [0.5, 0.6) is 0 Å². The van der Waals surface area contributed by atoms with Gasteiger partial charge >= 0.3 is 0 Å². The van der Waals surface area contributed by atoms with E-state index in [1.165, 1.54) is 0 Å². The molecule has 0 atom stereocenters. The van der Waals surface area contributed by atoms with Crippen molar-refractivity contribution >= 4 is 11.7 Å². The summed E-state index contributed by atoms with van der Waals surface area (Å²) in [4.78, 5) is 18.8. The Hall–Kier alpha value is -1.66. The van der Waals surface area contributed by atoms with Gasteiger partial charge in [-0.2, -0.15) is 0 Å². The number of amides is 1. The van der Waals surface area contributed by atoms with Crippen molar-refractivity contribution in [3.05, 3.63) is 23.4 Å². The summed E-state index contributed by atoms with van der Waals surface area (Å²) in [5.74, 6) is 5.80. The molecule has 1 aromatic heterocycles. The van der Waals surface area contributed by atoms with Gasteiger partial charge in [0, 0.05) is 17.8 Å². The van der Waals surface area contributed by atoms with Crippen molar-refractivity contribution in [3.63, 3.8) is 0 Å². The molecule has 6 heteroatoms. The maximum Gasteiger partial charge on any atom is 0.251 e. The summed E-state index contributed by atoms with van der Waals surface area (Å²) in [7, 11) is 2.14. The van der Waals surface area contributed by atoms with Crippen LogP contribution in [0.25, 0.3) is 0 Å². The number of nitrogens with one attached hydrogen (secondary N) is 2. The summed E-state index contributed by atoms with van der Waals surface area (Å²) in [6.45, 7) is 6.96. The number of aromatic nitrogens is 1. The second-order valence-corrected chi connectivity index (χ2v) is 6.32. The minimum Gasteiger partial charge on any atom is -0.351 e. The minimum absolute atomic E-state index is 0.0721. The maximum atomic E-state index is 12.3. The molecular weight excluding hydrogens is 266 g/mol. The number of anilines is 1. The molecule has 1 saturated heterocycles. The Labute approximate surface area is 126 Å². The number of nitrogens with two attached hydrogens (primary N) is 1. The molecule has 21 heavy (non-hydrogen) atoms. The smallest absolute Gasteiger partial charge is 0.251 e. The third-order valence-corrected chi connectivity index (χ3v) is 4.23. The van der Waals surface area contributed by atoms with Crippen LogP contribution in [0.3, 0.4) is 0 Å². The molecule has 1 fully saturated rings. The van der Waals surface area contributed by atoms with E-state index in [0.717, 1.165) is 31.6 Å². The number of piperidine rings is 1. The average Bonchev–Trinajstić information content (AvgIpc) is 2.47. The molecule has 1 aromatic rings. The highest BCUT2D eigenvalue weighted by molar-refractivity contribution is 5.95. The summed E-state index contributed by atoms with van der Waals surface area (Å²) < 4.78 is 0. The van der Waals surface area contributed by atoms with Crippen molar-refractivity contribution in [1.82, 2.24) is 15.2 Å². The van der Waals surface area contributed by atoms with E-state index < -0.39 is 0 Å². The summed E-state index contributed by atoms with van der Waals surface area (Å²) in [5, 5.41) is 3.05. The fraction of sp³-hybridized carbons (Fsp3) is 0.600. The molecule has 2 rings (SSSR count). The van der Waals surface area contributed by atoms with E-state index >= 15 is 0 Å². The first-order valence-electron chi connectivity index (χ1n) is 7.34. The number of hydrogen-bond acceptors (Lipinski definition) is 5. The van der Waals surface area contributed by atoms with Gasteiger partial charge in [-0.15, -0.1) is 0 Å². The molecule has 0 radical (unpaired) electrons. The molecule has 4 N–H and O–H groups in total. The monoisotopic (exact) mass is 291 g/mol. The molecule has 0 saturated carbocycles. The zero-order chi connectivity index (χ0) is 15.5. The molecule has 6 nitrogen and oxygen atoms in total. The van der Waals surface area contributed by atoms with Crippen molar-refractivity contribution in [3.8, 4) is 0 Å². The highest BCUT2D eigenvalue weighted by Crippen LogP contribution is 2.29. The molecule has 1 aliphatic heterocycles. The third-order valence-electron chi connectivity index (χ3n) is 4.23. The Balaban J connectivity index is 1.97. The number of rotatable bonds is 4. The van der Waals surface area contributed by atoms with Crippen molar-refractivity contribution in [2.75, 3.05) is 32.1 Å². The first kappa shape index (κ1) is 15.7. The summed E-state index contributed by atoms with van der Waals surface area (Å²) in [6.07, 6.45) is 2.21. The third kappa shape index (κ3) is 4.15. The largest absolute Gasteiger partial charge is 0.351 e. The van der Waals surface area contributed by atoms with Crippen LogP contribution in [0.1, 0.15) is 35.8 Å². The van der Waals surface area contributed by atoms with Gasteiger partial charge in [0.15, 0.2) is 0 Å². The van der Waals surface area contributed by atoms with Crippen LogP contribution < -0.4 is 16.6 Å². The zero-order valence-corrected chi connectivity index (χ0v) is 13.1. The molecule has 0 aliphatic carbocycles. The van der Waals surface area contributed by atoms with Crippen molar-refractivity contribution < 1.29 is 4.79 Å².